The number of hydrogen-bond acceptors (Lipinski definition) is 3. The van der Waals surface area contributed by atoms with E-state index >= 15 is 0 Å². The first-order valence-corrected chi connectivity index (χ1v) is 8.45. The summed E-state index contributed by atoms with van der Waals surface area (Å²) in [6.07, 6.45) is 4.64. The summed E-state index contributed by atoms with van der Waals surface area (Å²) < 4.78 is 5.48. The molecular formula is C17H23ClN2O3. The van der Waals surface area contributed by atoms with Crippen LogP contribution in [-0.4, -0.2) is 31.1 Å². The molecule has 0 bridgehead atoms. The highest BCUT2D eigenvalue weighted by Gasteiger charge is 2.16. The molecule has 0 aromatic heterocycles. The van der Waals surface area contributed by atoms with Gasteiger partial charge in [-0.3, -0.25) is 9.59 Å². The summed E-state index contributed by atoms with van der Waals surface area (Å²) >= 11 is 5.79. The molecule has 0 radical (unpaired) electrons. The second-order valence-electron chi connectivity index (χ2n) is 5.68. The highest BCUT2D eigenvalue weighted by Crippen LogP contribution is 2.16. The Morgan fingerprint density at radius 2 is 1.96 bits per heavy atom. The Labute approximate surface area is 141 Å². The van der Waals surface area contributed by atoms with Gasteiger partial charge in [-0.15, -0.1) is 0 Å². The monoisotopic (exact) mass is 338 g/mol. The van der Waals surface area contributed by atoms with E-state index in [4.69, 9.17) is 16.3 Å². The molecule has 0 unspecified atom stereocenters. The number of nitrogens with one attached hydrogen (secondary N) is 2. The largest absolute Gasteiger partial charge is 0.378 e. The van der Waals surface area contributed by atoms with Gasteiger partial charge in [-0.1, -0.05) is 11.6 Å². The maximum atomic E-state index is 11.8. The van der Waals surface area contributed by atoms with E-state index in [2.05, 4.69) is 10.6 Å². The smallest absolute Gasteiger partial charge is 0.224 e. The molecule has 1 aliphatic rings. The van der Waals surface area contributed by atoms with Crippen LogP contribution in [-0.2, 0) is 14.3 Å². The number of rotatable bonds is 8. The summed E-state index contributed by atoms with van der Waals surface area (Å²) in [6, 6.07) is 6.97. The number of ether oxygens (including phenoxy) is 1. The van der Waals surface area contributed by atoms with Crippen molar-refractivity contribution in [1.29, 1.82) is 0 Å². The lowest BCUT2D eigenvalue weighted by Gasteiger charge is -2.09. The Morgan fingerprint density at radius 1 is 1.17 bits per heavy atom. The van der Waals surface area contributed by atoms with E-state index in [1.165, 1.54) is 0 Å². The zero-order valence-electron chi connectivity index (χ0n) is 13.1. The van der Waals surface area contributed by atoms with Gasteiger partial charge in [0.25, 0.3) is 0 Å². The Hall–Kier alpha value is -1.59. The van der Waals surface area contributed by atoms with Crippen molar-refractivity contribution in [3.8, 4) is 0 Å². The van der Waals surface area contributed by atoms with Crippen LogP contribution in [0.1, 0.15) is 38.5 Å². The maximum Gasteiger partial charge on any atom is 0.224 e. The molecule has 1 heterocycles. The summed E-state index contributed by atoms with van der Waals surface area (Å²) in [4.78, 5) is 23.5. The summed E-state index contributed by atoms with van der Waals surface area (Å²) in [5, 5.41) is 6.27. The van der Waals surface area contributed by atoms with E-state index in [0.717, 1.165) is 31.6 Å². The Kier molecular flexibility index (Phi) is 7.36. The molecular weight excluding hydrogens is 316 g/mol. The van der Waals surface area contributed by atoms with Crippen LogP contribution in [0.5, 0.6) is 0 Å². The summed E-state index contributed by atoms with van der Waals surface area (Å²) in [7, 11) is 0. The van der Waals surface area contributed by atoms with Crippen LogP contribution in [0.15, 0.2) is 24.3 Å². The third-order valence-corrected chi connectivity index (χ3v) is 4.00. The fourth-order valence-corrected chi connectivity index (χ4v) is 2.61. The van der Waals surface area contributed by atoms with Gasteiger partial charge in [-0.25, -0.2) is 0 Å². The number of benzene rings is 1. The number of anilines is 1. The highest BCUT2D eigenvalue weighted by molar-refractivity contribution is 6.30. The molecule has 1 atom stereocenters. The quantitative estimate of drug-likeness (QED) is 0.715. The molecule has 0 spiro atoms. The molecule has 2 rings (SSSR count). The lowest BCUT2D eigenvalue weighted by Crippen LogP contribution is -2.26. The maximum absolute atomic E-state index is 11.8. The molecule has 6 heteroatoms. The molecule has 1 aliphatic heterocycles. The molecule has 1 saturated heterocycles. The van der Waals surface area contributed by atoms with Crippen molar-refractivity contribution >= 4 is 29.1 Å². The van der Waals surface area contributed by atoms with Crippen LogP contribution < -0.4 is 10.6 Å². The molecule has 5 nitrogen and oxygen atoms in total. The van der Waals surface area contributed by atoms with E-state index in [9.17, 15) is 9.59 Å². The van der Waals surface area contributed by atoms with Crippen LogP contribution in [0.4, 0.5) is 5.69 Å². The molecule has 2 N–H and O–H groups in total. The topological polar surface area (TPSA) is 67.4 Å². The van der Waals surface area contributed by atoms with Crippen molar-refractivity contribution in [2.45, 2.75) is 44.6 Å². The van der Waals surface area contributed by atoms with Crippen molar-refractivity contribution in [3.63, 3.8) is 0 Å². The molecule has 0 aliphatic carbocycles. The number of carbonyl (C=O) groups is 2. The zero-order valence-corrected chi connectivity index (χ0v) is 13.9. The van der Waals surface area contributed by atoms with Crippen molar-refractivity contribution < 1.29 is 14.3 Å². The van der Waals surface area contributed by atoms with Gasteiger partial charge in [-0.2, -0.15) is 0 Å². The third-order valence-electron chi connectivity index (χ3n) is 3.75. The van der Waals surface area contributed by atoms with E-state index in [1.54, 1.807) is 24.3 Å². The number of amides is 2. The molecule has 1 aromatic carbocycles. The first-order chi connectivity index (χ1) is 11.1. The lowest BCUT2D eigenvalue weighted by molar-refractivity contribution is -0.122. The van der Waals surface area contributed by atoms with Gasteiger partial charge in [0, 0.05) is 36.7 Å². The van der Waals surface area contributed by atoms with Crippen LogP contribution >= 0.6 is 11.6 Å². The van der Waals surface area contributed by atoms with E-state index < -0.39 is 0 Å². The van der Waals surface area contributed by atoms with Gasteiger partial charge >= 0.3 is 0 Å². The Balaban J connectivity index is 1.53. The minimum Gasteiger partial charge on any atom is -0.378 e. The highest BCUT2D eigenvalue weighted by atomic mass is 35.5. The predicted octanol–water partition coefficient (Wildman–Crippen LogP) is 3.13. The second-order valence-corrected chi connectivity index (χ2v) is 6.12. The van der Waals surface area contributed by atoms with E-state index in [-0.39, 0.29) is 17.9 Å². The lowest BCUT2D eigenvalue weighted by atomic mass is 10.1. The fourth-order valence-electron chi connectivity index (χ4n) is 2.49. The van der Waals surface area contributed by atoms with Crippen LogP contribution in [0.3, 0.4) is 0 Å². The molecule has 1 fully saturated rings. The molecule has 0 saturated carbocycles. The standard InChI is InChI=1S/C17H23ClN2O3/c18-13-5-7-14(8-6-13)20-17(22)4-1-11-19-16(21)10-9-15-3-2-12-23-15/h5-8,15H,1-4,9-12H2,(H,19,21)(H,20,22)/t15-/m0/s1. The normalized spacial score (nSPS) is 17.0. The molecule has 126 valence electrons. The fraction of sp³-hybridized carbons (Fsp3) is 0.529. The Morgan fingerprint density at radius 3 is 2.65 bits per heavy atom. The minimum atomic E-state index is -0.0686. The van der Waals surface area contributed by atoms with Gasteiger partial charge in [0.2, 0.25) is 11.8 Å². The molecule has 2 amide bonds. The van der Waals surface area contributed by atoms with E-state index in [0.29, 0.717) is 30.8 Å². The first-order valence-electron chi connectivity index (χ1n) is 8.07. The van der Waals surface area contributed by atoms with Crippen LogP contribution in [0.25, 0.3) is 0 Å². The number of halogens is 1. The van der Waals surface area contributed by atoms with E-state index in [1.807, 2.05) is 0 Å². The van der Waals surface area contributed by atoms with Crippen molar-refractivity contribution in [2.75, 3.05) is 18.5 Å². The number of hydrogen-bond donors (Lipinski definition) is 2. The minimum absolute atomic E-state index is 0.0265. The number of carbonyl (C=O) groups excluding carboxylic acids is 2. The van der Waals surface area contributed by atoms with Gasteiger partial charge in [-0.05, 0) is 49.9 Å². The summed E-state index contributed by atoms with van der Waals surface area (Å²) in [5.74, 6) is -0.0421. The van der Waals surface area contributed by atoms with Crippen molar-refractivity contribution in [3.05, 3.63) is 29.3 Å². The first kappa shape index (κ1) is 17.8. The van der Waals surface area contributed by atoms with Crippen LogP contribution in [0, 0.1) is 0 Å². The Bertz CT molecular complexity index is 513. The van der Waals surface area contributed by atoms with Crippen molar-refractivity contribution in [1.82, 2.24) is 5.32 Å². The summed E-state index contributed by atoms with van der Waals surface area (Å²) in [6.45, 7) is 1.33. The van der Waals surface area contributed by atoms with Crippen LogP contribution in [0.2, 0.25) is 5.02 Å². The SMILES string of the molecule is O=C(CC[C@@H]1CCCO1)NCCCC(=O)Nc1ccc(Cl)cc1. The van der Waals surface area contributed by atoms with Crippen molar-refractivity contribution in [2.24, 2.45) is 0 Å². The average Bonchev–Trinajstić information content (AvgIpc) is 3.05. The third kappa shape index (κ3) is 7.01. The summed E-state index contributed by atoms with van der Waals surface area (Å²) in [5.41, 5.74) is 0.722. The molecule has 1 aromatic rings. The van der Waals surface area contributed by atoms with Gasteiger partial charge in [0.1, 0.15) is 0 Å². The van der Waals surface area contributed by atoms with Gasteiger partial charge in [0.15, 0.2) is 0 Å². The second kappa shape index (κ2) is 9.53. The van der Waals surface area contributed by atoms with Gasteiger partial charge in [0.05, 0.1) is 6.10 Å². The zero-order chi connectivity index (χ0) is 16.5. The van der Waals surface area contributed by atoms with Gasteiger partial charge < -0.3 is 15.4 Å². The molecule has 23 heavy (non-hydrogen) atoms. The average molecular weight is 339 g/mol. The predicted molar refractivity (Wildman–Crippen MR) is 90.5 cm³/mol.